The molecule has 0 aromatic heterocycles. The Hall–Kier alpha value is -0.640. The van der Waals surface area contributed by atoms with Crippen LogP contribution in [0.4, 0.5) is 0 Å². The fourth-order valence-electron chi connectivity index (χ4n) is 2.19. The smallest absolute Gasteiger partial charge is 0.244 e. The van der Waals surface area contributed by atoms with Gasteiger partial charge in [-0.3, -0.25) is 0 Å². The summed E-state index contributed by atoms with van der Waals surface area (Å²) in [6, 6.07) is 4.33. The first-order chi connectivity index (χ1) is 9.37. The van der Waals surface area contributed by atoms with E-state index in [9.17, 15) is 8.42 Å². The van der Waals surface area contributed by atoms with Crippen LogP contribution in [0.5, 0.6) is 0 Å². The van der Waals surface area contributed by atoms with E-state index >= 15 is 0 Å². The van der Waals surface area contributed by atoms with Gasteiger partial charge in [0.15, 0.2) is 5.84 Å². The van der Waals surface area contributed by atoms with Gasteiger partial charge in [-0.15, -0.1) is 0 Å². The molecule has 0 aliphatic carbocycles. The van der Waals surface area contributed by atoms with Crippen molar-refractivity contribution >= 4 is 47.7 Å². The number of hydrogen-bond acceptors (Lipinski definition) is 4. The molecule has 0 spiro atoms. The number of oxime groups is 1. The highest BCUT2D eigenvalue weighted by atomic mass is 79.9. The first kappa shape index (κ1) is 15.7. The largest absolute Gasteiger partial charge is 0.409 e. The van der Waals surface area contributed by atoms with Crippen molar-refractivity contribution in [1.82, 2.24) is 4.31 Å². The van der Waals surface area contributed by atoms with Crippen molar-refractivity contribution in [3.8, 4) is 0 Å². The molecule has 0 amide bonds. The van der Waals surface area contributed by atoms with Gasteiger partial charge >= 0.3 is 0 Å². The molecule has 1 aliphatic heterocycles. The summed E-state index contributed by atoms with van der Waals surface area (Å²) in [5.74, 6) is -0.0859. The number of nitrogens with two attached hydrogens (primary N) is 1. The summed E-state index contributed by atoms with van der Waals surface area (Å²) in [5.41, 5.74) is 5.58. The van der Waals surface area contributed by atoms with Crippen molar-refractivity contribution in [1.29, 1.82) is 0 Å². The van der Waals surface area contributed by atoms with E-state index in [1.54, 1.807) is 12.1 Å². The number of rotatable bonds is 3. The molecule has 20 heavy (non-hydrogen) atoms. The quantitative estimate of drug-likeness (QED) is 0.335. The number of hydrogen-bond donors (Lipinski definition) is 2. The van der Waals surface area contributed by atoms with Crippen LogP contribution in [0.3, 0.4) is 0 Å². The second kappa shape index (κ2) is 6.00. The fourth-order valence-corrected chi connectivity index (χ4v) is 5.33. The van der Waals surface area contributed by atoms with E-state index in [0.717, 1.165) is 0 Å². The summed E-state index contributed by atoms with van der Waals surface area (Å²) >= 11 is 6.51. The lowest BCUT2D eigenvalue weighted by atomic mass is 10.2. The van der Waals surface area contributed by atoms with E-state index in [2.05, 4.69) is 37.0 Å². The van der Waals surface area contributed by atoms with E-state index < -0.39 is 16.1 Å². The molecule has 1 aromatic rings. The molecule has 1 unspecified atom stereocenters. The van der Waals surface area contributed by atoms with E-state index in [-0.39, 0.29) is 10.7 Å². The molecule has 110 valence electrons. The highest BCUT2D eigenvalue weighted by molar-refractivity contribution is 9.11. The van der Waals surface area contributed by atoms with E-state index in [0.29, 0.717) is 28.3 Å². The van der Waals surface area contributed by atoms with Crippen LogP contribution in [0.15, 0.2) is 37.2 Å². The van der Waals surface area contributed by atoms with Gasteiger partial charge in [0.25, 0.3) is 0 Å². The van der Waals surface area contributed by atoms with Gasteiger partial charge in [0.2, 0.25) is 10.0 Å². The van der Waals surface area contributed by atoms with Crippen LogP contribution in [0, 0.1) is 0 Å². The second-order valence-corrected chi connectivity index (χ2v) is 8.00. The molecule has 0 radical (unpaired) electrons. The SMILES string of the molecule is NC(=NO)C1CCCN1S(=O)(=O)c1cc(Br)ccc1Br. The Morgan fingerprint density at radius 3 is 2.80 bits per heavy atom. The first-order valence-electron chi connectivity index (χ1n) is 5.82. The van der Waals surface area contributed by atoms with Crippen LogP contribution in [0.2, 0.25) is 0 Å². The third-order valence-electron chi connectivity index (χ3n) is 3.14. The summed E-state index contributed by atoms with van der Waals surface area (Å²) < 4.78 is 27.9. The van der Waals surface area contributed by atoms with Crippen molar-refractivity contribution in [2.45, 2.75) is 23.8 Å². The van der Waals surface area contributed by atoms with Gasteiger partial charge in [0.1, 0.15) is 0 Å². The van der Waals surface area contributed by atoms with Gasteiger partial charge in [-0.1, -0.05) is 21.1 Å². The minimum atomic E-state index is -3.71. The monoisotopic (exact) mass is 425 g/mol. The summed E-state index contributed by atoms with van der Waals surface area (Å²) in [4.78, 5) is 0.157. The molecular formula is C11H13Br2N3O3S. The van der Waals surface area contributed by atoms with Crippen LogP contribution < -0.4 is 5.73 Å². The fraction of sp³-hybridized carbons (Fsp3) is 0.364. The predicted octanol–water partition coefficient (Wildman–Crippen LogP) is 2.11. The third kappa shape index (κ3) is 2.85. The zero-order valence-electron chi connectivity index (χ0n) is 10.3. The van der Waals surface area contributed by atoms with Crippen LogP contribution in [0.25, 0.3) is 0 Å². The van der Waals surface area contributed by atoms with Gasteiger partial charge in [-0.05, 0) is 47.0 Å². The topological polar surface area (TPSA) is 96.0 Å². The molecule has 2 rings (SSSR count). The molecule has 0 bridgehead atoms. The minimum Gasteiger partial charge on any atom is -0.409 e. The van der Waals surface area contributed by atoms with Gasteiger partial charge < -0.3 is 10.9 Å². The number of nitrogens with zero attached hydrogens (tertiary/aromatic N) is 2. The van der Waals surface area contributed by atoms with Crippen LogP contribution in [-0.4, -0.2) is 36.4 Å². The standard InChI is InChI=1S/C11H13Br2N3O3S/c12-7-3-4-8(13)10(6-7)20(18,19)16-5-1-2-9(16)11(14)15-17/h3-4,6,9,17H,1-2,5H2,(H2,14,15). The molecule has 1 aliphatic rings. The molecule has 1 fully saturated rings. The number of benzene rings is 1. The lowest BCUT2D eigenvalue weighted by Crippen LogP contribution is -2.43. The normalized spacial score (nSPS) is 21.3. The third-order valence-corrected chi connectivity index (χ3v) is 6.54. The predicted molar refractivity (Wildman–Crippen MR) is 82.2 cm³/mol. The highest BCUT2D eigenvalue weighted by Gasteiger charge is 2.38. The second-order valence-electron chi connectivity index (χ2n) is 4.37. The highest BCUT2D eigenvalue weighted by Crippen LogP contribution is 2.32. The first-order valence-corrected chi connectivity index (χ1v) is 8.85. The van der Waals surface area contributed by atoms with Crippen molar-refractivity contribution in [3.05, 3.63) is 27.1 Å². The van der Waals surface area contributed by atoms with Crippen molar-refractivity contribution in [2.24, 2.45) is 10.9 Å². The van der Waals surface area contributed by atoms with Gasteiger partial charge in [0.05, 0.1) is 10.9 Å². The maximum absolute atomic E-state index is 12.7. The Labute approximate surface area is 133 Å². The lowest BCUT2D eigenvalue weighted by Gasteiger charge is -2.23. The zero-order chi connectivity index (χ0) is 14.9. The molecule has 1 aromatic carbocycles. The summed E-state index contributed by atoms with van der Waals surface area (Å²) in [6.07, 6.45) is 1.21. The van der Waals surface area contributed by atoms with Crippen LogP contribution >= 0.6 is 31.9 Å². The maximum atomic E-state index is 12.7. The Balaban J connectivity index is 2.47. The van der Waals surface area contributed by atoms with Crippen molar-refractivity contribution in [3.63, 3.8) is 0 Å². The van der Waals surface area contributed by atoms with Crippen molar-refractivity contribution < 1.29 is 13.6 Å². The molecular weight excluding hydrogens is 414 g/mol. The summed E-state index contributed by atoms with van der Waals surface area (Å²) in [6.45, 7) is 0.349. The van der Waals surface area contributed by atoms with E-state index in [1.807, 2.05) is 0 Å². The Kier molecular flexibility index (Phi) is 4.73. The Morgan fingerprint density at radius 2 is 2.15 bits per heavy atom. The van der Waals surface area contributed by atoms with Gasteiger partial charge in [0, 0.05) is 15.5 Å². The van der Waals surface area contributed by atoms with E-state index in [4.69, 9.17) is 10.9 Å². The molecule has 0 saturated carbocycles. The zero-order valence-corrected chi connectivity index (χ0v) is 14.3. The average Bonchev–Trinajstić information content (AvgIpc) is 2.90. The average molecular weight is 427 g/mol. The maximum Gasteiger partial charge on any atom is 0.244 e. The summed E-state index contributed by atoms with van der Waals surface area (Å²) in [7, 11) is -3.71. The van der Waals surface area contributed by atoms with Crippen LogP contribution in [-0.2, 0) is 10.0 Å². The molecule has 6 nitrogen and oxygen atoms in total. The van der Waals surface area contributed by atoms with E-state index in [1.165, 1.54) is 10.4 Å². The van der Waals surface area contributed by atoms with Crippen molar-refractivity contribution in [2.75, 3.05) is 6.54 Å². The van der Waals surface area contributed by atoms with Gasteiger partial charge in [-0.2, -0.15) is 4.31 Å². The lowest BCUT2D eigenvalue weighted by molar-refractivity contribution is 0.311. The molecule has 1 heterocycles. The summed E-state index contributed by atoms with van der Waals surface area (Å²) in [5, 5.41) is 11.7. The minimum absolute atomic E-state index is 0.0859. The number of amidine groups is 1. The molecule has 1 atom stereocenters. The number of sulfonamides is 1. The Bertz CT molecular complexity index is 648. The Morgan fingerprint density at radius 1 is 1.45 bits per heavy atom. The van der Waals surface area contributed by atoms with Gasteiger partial charge in [-0.25, -0.2) is 8.42 Å². The molecule has 3 N–H and O–H groups in total. The molecule has 9 heteroatoms. The molecule has 1 saturated heterocycles. The number of halogens is 2. The van der Waals surface area contributed by atoms with Crippen LogP contribution in [0.1, 0.15) is 12.8 Å².